The van der Waals surface area contributed by atoms with Crippen molar-refractivity contribution < 1.29 is 14.3 Å². The standard InChI is InChI=1S/C12H22N2O3/c1-8(2)11(15)14-6-9(12(16)17-4)5-10(7-14)13-3/h8-10,13H,5-7H2,1-4H3. The van der Waals surface area contributed by atoms with E-state index in [4.69, 9.17) is 4.74 Å². The first kappa shape index (κ1) is 14.0. The van der Waals surface area contributed by atoms with Gasteiger partial charge in [-0.3, -0.25) is 9.59 Å². The summed E-state index contributed by atoms with van der Waals surface area (Å²) in [6, 6.07) is 0.163. The topological polar surface area (TPSA) is 58.6 Å². The molecule has 1 saturated heterocycles. The van der Waals surface area contributed by atoms with Gasteiger partial charge in [-0.1, -0.05) is 13.8 Å². The Bertz CT molecular complexity index is 291. The molecule has 2 unspecified atom stereocenters. The number of likely N-dealkylation sites (N-methyl/N-ethyl adjacent to an activating group) is 1. The van der Waals surface area contributed by atoms with Crippen LogP contribution in [-0.4, -0.2) is 50.1 Å². The zero-order valence-electron chi connectivity index (χ0n) is 11.0. The molecule has 1 aliphatic rings. The van der Waals surface area contributed by atoms with E-state index in [-0.39, 0.29) is 29.8 Å². The summed E-state index contributed by atoms with van der Waals surface area (Å²) < 4.78 is 4.77. The molecule has 0 aromatic carbocycles. The van der Waals surface area contributed by atoms with Crippen molar-refractivity contribution in [2.45, 2.75) is 26.3 Å². The minimum absolute atomic E-state index is 0.0381. The summed E-state index contributed by atoms with van der Waals surface area (Å²) in [6.45, 7) is 4.89. The number of rotatable bonds is 3. The third kappa shape index (κ3) is 3.43. The smallest absolute Gasteiger partial charge is 0.310 e. The van der Waals surface area contributed by atoms with E-state index in [2.05, 4.69) is 5.32 Å². The highest BCUT2D eigenvalue weighted by atomic mass is 16.5. The van der Waals surface area contributed by atoms with Crippen LogP contribution >= 0.6 is 0 Å². The molecule has 1 fully saturated rings. The Balaban J connectivity index is 2.73. The fourth-order valence-electron chi connectivity index (χ4n) is 2.19. The van der Waals surface area contributed by atoms with Gasteiger partial charge in [0.2, 0.25) is 5.91 Å². The Morgan fingerprint density at radius 1 is 1.35 bits per heavy atom. The molecule has 1 amide bonds. The summed E-state index contributed by atoms with van der Waals surface area (Å²) in [5.41, 5.74) is 0. The van der Waals surface area contributed by atoms with Crippen LogP contribution in [0.2, 0.25) is 0 Å². The van der Waals surface area contributed by atoms with Crippen LogP contribution in [0.1, 0.15) is 20.3 Å². The average molecular weight is 242 g/mol. The number of hydrogen-bond donors (Lipinski definition) is 1. The van der Waals surface area contributed by atoms with Gasteiger partial charge in [-0.15, -0.1) is 0 Å². The molecule has 0 aromatic rings. The number of hydrogen-bond acceptors (Lipinski definition) is 4. The normalized spacial score (nSPS) is 24.9. The fraction of sp³-hybridized carbons (Fsp3) is 0.833. The summed E-state index contributed by atoms with van der Waals surface area (Å²) in [4.78, 5) is 25.3. The van der Waals surface area contributed by atoms with Gasteiger partial charge in [-0.25, -0.2) is 0 Å². The van der Waals surface area contributed by atoms with Crippen molar-refractivity contribution in [2.75, 3.05) is 27.2 Å². The molecule has 0 saturated carbocycles. The van der Waals surface area contributed by atoms with Crippen LogP contribution in [-0.2, 0) is 14.3 Å². The van der Waals surface area contributed by atoms with E-state index in [1.807, 2.05) is 20.9 Å². The van der Waals surface area contributed by atoms with Crippen LogP contribution in [0.3, 0.4) is 0 Å². The quantitative estimate of drug-likeness (QED) is 0.721. The molecule has 0 aromatic heterocycles. The molecule has 0 bridgehead atoms. The van der Waals surface area contributed by atoms with Crippen LogP contribution in [0.5, 0.6) is 0 Å². The van der Waals surface area contributed by atoms with Gasteiger partial charge < -0.3 is 15.0 Å². The SMILES string of the molecule is CNC1CC(C(=O)OC)CN(C(=O)C(C)C)C1. The summed E-state index contributed by atoms with van der Waals surface area (Å²) in [5.74, 6) is -0.386. The summed E-state index contributed by atoms with van der Waals surface area (Å²) in [7, 11) is 3.24. The van der Waals surface area contributed by atoms with E-state index in [0.29, 0.717) is 13.1 Å². The first-order valence-corrected chi connectivity index (χ1v) is 6.03. The number of amides is 1. The average Bonchev–Trinajstić information content (AvgIpc) is 2.35. The van der Waals surface area contributed by atoms with Crippen LogP contribution in [0.25, 0.3) is 0 Å². The van der Waals surface area contributed by atoms with E-state index in [1.54, 1.807) is 4.90 Å². The lowest BCUT2D eigenvalue weighted by Gasteiger charge is -2.37. The fourth-order valence-corrected chi connectivity index (χ4v) is 2.19. The van der Waals surface area contributed by atoms with E-state index in [9.17, 15) is 9.59 Å². The Kier molecular flexibility index (Phi) is 4.93. The predicted molar refractivity (Wildman–Crippen MR) is 64.4 cm³/mol. The number of carbonyl (C=O) groups excluding carboxylic acids is 2. The zero-order chi connectivity index (χ0) is 13.0. The van der Waals surface area contributed by atoms with Crippen LogP contribution in [0.15, 0.2) is 0 Å². The highest BCUT2D eigenvalue weighted by Gasteiger charge is 2.34. The van der Waals surface area contributed by atoms with Crippen molar-refractivity contribution in [3.63, 3.8) is 0 Å². The molecule has 98 valence electrons. The number of piperidine rings is 1. The maximum Gasteiger partial charge on any atom is 0.310 e. The Labute approximate surface area is 102 Å². The van der Waals surface area contributed by atoms with Crippen molar-refractivity contribution in [3.05, 3.63) is 0 Å². The van der Waals surface area contributed by atoms with Gasteiger partial charge in [0.15, 0.2) is 0 Å². The van der Waals surface area contributed by atoms with Gasteiger partial charge in [0.05, 0.1) is 13.0 Å². The van der Waals surface area contributed by atoms with Gasteiger partial charge in [0.25, 0.3) is 0 Å². The molecule has 0 aliphatic carbocycles. The van der Waals surface area contributed by atoms with Gasteiger partial charge in [0.1, 0.15) is 0 Å². The second kappa shape index (κ2) is 6.00. The minimum atomic E-state index is -0.230. The van der Waals surface area contributed by atoms with E-state index < -0.39 is 0 Å². The number of nitrogens with zero attached hydrogens (tertiary/aromatic N) is 1. The minimum Gasteiger partial charge on any atom is -0.469 e. The maximum absolute atomic E-state index is 12.0. The van der Waals surface area contributed by atoms with Crippen molar-refractivity contribution in [2.24, 2.45) is 11.8 Å². The van der Waals surface area contributed by atoms with Gasteiger partial charge >= 0.3 is 5.97 Å². The molecule has 0 spiro atoms. The van der Waals surface area contributed by atoms with Crippen molar-refractivity contribution in [3.8, 4) is 0 Å². The highest BCUT2D eigenvalue weighted by molar-refractivity contribution is 5.80. The van der Waals surface area contributed by atoms with Crippen molar-refractivity contribution in [1.82, 2.24) is 10.2 Å². The zero-order valence-corrected chi connectivity index (χ0v) is 11.0. The molecule has 5 heteroatoms. The lowest BCUT2D eigenvalue weighted by atomic mass is 9.93. The second-order valence-corrected chi connectivity index (χ2v) is 4.84. The Morgan fingerprint density at radius 2 is 2.00 bits per heavy atom. The van der Waals surface area contributed by atoms with Crippen LogP contribution in [0, 0.1) is 11.8 Å². The number of esters is 1. The molecule has 1 rings (SSSR count). The molecule has 1 N–H and O–H groups in total. The third-order valence-electron chi connectivity index (χ3n) is 3.20. The van der Waals surface area contributed by atoms with E-state index in [1.165, 1.54) is 7.11 Å². The molecule has 1 heterocycles. The Hall–Kier alpha value is -1.10. The number of carbonyl (C=O) groups is 2. The van der Waals surface area contributed by atoms with E-state index >= 15 is 0 Å². The lowest BCUT2D eigenvalue weighted by molar-refractivity contribution is -0.150. The van der Waals surface area contributed by atoms with Gasteiger partial charge in [0, 0.05) is 25.0 Å². The van der Waals surface area contributed by atoms with Crippen molar-refractivity contribution >= 4 is 11.9 Å². The molecule has 1 aliphatic heterocycles. The highest BCUT2D eigenvalue weighted by Crippen LogP contribution is 2.19. The summed E-state index contributed by atoms with van der Waals surface area (Å²) in [6.07, 6.45) is 0.727. The first-order valence-electron chi connectivity index (χ1n) is 6.03. The number of likely N-dealkylation sites (tertiary alicyclic amines) is 1. The largest absolute Gasteiger partial charge is 0.469 e. The molecule has 17 heavy (non-hydrogen) atoms. The molecule has 2 atom stereocenters. The van der Waals surface area contributed by atoms with Crippen LogP contribution in [0.4, 0.5) is 0 Å². The number of nitrogens with one attached hydrogen (secondary N) is 1. The summed E-state index contributed by atoms with van der Waals surface area (Å²) >= 11 is 0. The monoisotopic (exact) mass is 242 g/mol. The van der Waals surface area contributed by atoms with Gasteiger partial charge in [-0.05, 0) is 13.5 Å². The lowest BCUT2D eigenvalue weighted by Crippen LogP contribution is -2.53. The molecular weight excluding hydrogens is 220 g/mol. The van der Waals surface area contributed by atoms with E-state index in [0.717, 1.165) is 6.42 Å². The van der Waals surface area contributed by atoms with Crippen LogP contribution < -0.4 is 5.32 Å². The maximum atomic E-state index is 12.0. The van der Waals surface area contributed by atoms with Gasteiger partial charge in [-0.2, -0.15) is 0 Å². The third-order valence-corrected chi connectivity index (χ3v) is 3.20. The number of methoxy groups -OCH3 is 1. The Morgan fingerprint density at radius 3 is 2.47 bits per heavy atom. The predicted octanol–water partition coefficient (Wildman–Crippen LogP) is 0.252. The summed E-state index contributed by atoms with van der Waals surface area (Å²) in [5, 5.41) is 3.13. The second-order valence-electron chi connectivity index (χ2n) is 4.84. The first-order chi connectivity index (χ1) is 7.99. The molecule has 5 nitrogen and oxygen atoms in total. The van der Waals surface area contributed by atoms with Crippen molar-refractivity contribution in [1.29, 1.82) is 0 Å². The molecule has 0 radical (unpaired) electrons. The number of ether oxygens (including phenoxy) is 1. The molecular formula is C12H22N2O3.